The van der Waals surface area contributed by atoms with E-state index >= 15 is 0 Å². The molecule has 5 heterocycles. The van der Waals surface area contributed by atoms with Gasteiger partial charge in [0.2, 0.25) is 11.8 Å². The molecular formula is C29H29BrN8O5. The number of nitrogens with one attached hydrogen (secondary N) is 1. The maximum absolute atomic E-state index is 13.9. The molecule has 2 aliphatic rings. The van der Waals surface area contributed by atoms with E-state index in [9.17, 15) is 24.6 Å². The first-order valence-electron chi connectivity index (χ1n) is 13.6. The highest BCUT2D eigenvalue weighted by Gasteiger charge is 2.75. The van der Waals surface area contributed by atoms with Gasteiger partial charge in [0.1, 0.15) is 40.3 Å². The van der Waals surface area contributed by atoms with Crippen LogP contribution >= 0.6 is 15.9 Å². The third-order valence-corrected chi connectivity index (χ3v) is 8.80. The monoisotopic (exact) mass is 648 g/mol. The Bertz CT molecular complexity index is 1830. The van der Waals surface area contributed by atoms with Gasteiger partial charge in [0, 0.05) is 47.7 Å². The van der Waals surface area contributed by atoms with Crippen molar-refractivity contribution >= 4 is 50.2 Å². The molecule has 1 aliphatic heterocycles. The normalized spacial score (nSPS) is 22.5. The fourth-order valence-electron chi connectivity index (χ4n) is 6.03. The molecule has 0 bridgehead atoms. The Morgan fingerprint density at radius 2 is 1.88 bits per heavy atom. The zero-order valence-corrected chi connectivity index (χ0v) is 25.5. The van der Waals surface area contributed by atoms with Crippen molar-refractivity contribution in [3.05, 3.63) is 58.0 Å². The highest BCUT2D eigenvalue weighted by Crippen LogP contribution is 2.66. The minimum absolute atomic E-state index is 0.160. The van der Waals surface area contributed by atoms with E-state index < -0.39 is 29.0 Å². The molecule has 0 radical (unpaired) electrons. The Labute approximate surface area is 254 Å². The van der Waals surface area contributed by atoms with Crippen LogP contribution in [-0.4, -0.2) is 74.2 Å². The molecule has 43 heavy (non-hydrogen) atoms. The molecule has 14 heteroatoms. The first-order valence-corrected chi connectivity index (χ1v) is 14.4. The number of halogens is 1. The largest absolute Gasteiger partial charge is 0.392 e. The van der Waals surface area contributed by atoms with Gasteiger partial charge in [-0.15, -0.1) is 0 Å². The summed E-state index contributed by atoms with van der Waals surface area (Å²) < 4.78 is 1.86. The van der Waals surface area contributed by atoms with Gasteiger partial charge in [-0.3, -0.25) is 24.0 Å². The number of hydrogen-bond acceptors (Lipinski definition) is 10. The van der Waals surface area contributed by atoms with E-state index in [0.29, 0.717) is 50.3 Å². The molecule has 2 amide bonds. The minimum Gasteiger partial charge on any atom is -0.392 e. The molecule has 13 nitrogen and oxygen atoms in total. The van der Waals surface area contributed by atoms with E-state index in [-0.39, 0.29) is 36.9 Å². The van der Waals surface area contributed by atoms with E-state index in [1.165, 1.54) is 16.5 Å². The van der Waals surface area contributed by atoms with Crippen LogP contribution in [0.15, 0.2) is 35.2 Å². The highest BCUT2D eigenvalue weighted by atomic mass is 79.9. The van der Waals surface area contributed by atoms with Crippen molar-refractivity contribution in [3.8, 4) is 11.3 Å². The van der Waals surface area contributed by atoms with Crippen LogP contribution in [0.4, 0.5) is 5.82 Å². The number of piperidine rings is 1. The molecule has 6 rings (SSSR count). The van der Waals surface area contributed by atoms with Crippen LogP contribution in [0.25, 0.3) is 22.2 Å². The van der Waals surface area contributed by atoms with Crippen LogP contribution in [-0.2, 0) is 22.7 Å². The van der Waals surface area contributed by atoms with Crippen molar-refractivity contribution in [3.63, 3.8) is 0 Å². The first-order chi connectivity index (χ1) is 20.3. The third kappa shape index (κ3) is 4.79. The number of fused-ring (bicyclic) bond motifs is 2. The molecule has 1 saturated heterocycles. The first kappa shape index (κ1) is 29.0. The number of aliphatic hydroxyl groups is 2. The summed E-state index contributed by atoms with van der Waals surface area (Å²) in [7, 11) is 0. The lowest BCUT2D eigenvalue weighted by Gasteiger charge is -2.30. The number of ketones is 1. The number of hydrogen-bond donors (Lipinski definition) is 3. The lowest BCUT2D eigenvalue weighted by molar-refractivity contribution is -0.151. The predicted molar refractivity (Wildman–Crippen MR) is 157 cm³/mol. The van der Waals surface area contributed by atoms with Crippen molar-refractivity contribution in [1.29, 1.82) is 0 Å². The zero-order valence-electron chi connectivity index (χ0n) is 23.9. The van der Waals surface area contributed by atoms with Gasteiger partial charge < -0.3 is 20.4 Å². The van der Waals surface area contributed by atoms with Crippen LogP contribution < -0.4 is 5.32 Å². The van der Waals surface area contributed by atoms with Gasteiger partial charge in [-0.05, 0) is 48.3 Å². The maximum atomic E-state index is 13.9. The number of pyridine rings is 2. The third-order valence-electron chi connectivity index (χ3n) is 8.36. The second-order valence-electron chi connectivity index (χ2n) is 11.4. The summed E-state index contributed by atoms with van der Waals surface area (Å²) in [5.41, 5.74) is 0.659. The quantitative estimate of drug-likeness (QED) is 0.199. The second kappa shape index (κ2) is 10.2. The standard InChI is InChI=1S/C29H29BrN8O5/c1-14-25-19(7-20(33-14)18-9-31-16(3)32-10-18)24(15(2)40)36-37(25)11-23(41)38-21(8-28(4)13-29(28,38)43)27(42)35-26-17(12-39)5-6-22(30)34-26/h5-7,9-10,21,39,43H,8,11-13H2,1-4H3,(H,34,35,42)/t21-,28-,29-/m0/s1. The summed E-state index contributed by atoms with van der Waals surface area (Å²) in [5.74, 6) is -0.591. The van der Waals surface area contributed by atoms with Crippen molar-refractivity contribution in [2.24, 2.45) is 5.41 Å². The molecule has 3 atom stereocenters. The van der Waals surface area contributed by atoms with Gasteiger partial charge in [-0.1, -0.05) is 13.0 Å². The molecule has 1 aliphatic carbocycles. The number of aryl methyl sites for hydroxylation is 2. The number of carbonyl (C=O) groups is 3. The van der Waals surface area contributed by atoms with Crippen molar-refractivity contribution in [2.45, 2.75) is 65.5 Å². The lowest BCUT2D eigenvalue weighted by Crippen LogP contribution is -2.51. The van der Waals surface area contributed by atoms with E-state index in [4.69, 9.17) is 0 Å². The summed E-state index contributed by atoms with van der Waals surface area (Å²) in [5, 5.41) is 28.9. The van der Waals surface area contributed by atoms with Gasteiger partial charge in [0.25, 0.3) is 0 Å². The molecule has 4 aromatic rings. The van der Waals surface area contributed by atoms with Gasteiger partial charge >= 0.3 is 0 Å². The number of nitrogens with zero attached hydrogens (tertiary/aromatic N) is 7. The molecular weight excluding hydrogens is 620 g/mol. The Morgan fingerprint density at radius 1 is 1.16 bits per heavy atom. The second-order valence-corrected chi connectivity index (χ2v) is 12.2. The molecule has 0 spiro atoms. The van der Waals surface area contributed by atoms with Crippen LogP contribution in [0.1, 0.15) is 54.3 Å². The van der Waals surface area contributed by atoms with Crippen molar-refractivity contribution < 1.29 is 24.6 Å². The van der Waals surface area contributed by atoms with Crippen molar-refractivity contribution in [1.82, 2.24) is 34.6 Å². The number of aliphatic hydroxyl groups excluding tert-OH is 1. The molecule has 3 N–H and O–H groups in total. The average molecular weight is 650 g/mol. The van der Waals surface area contributed by atoms with E-state index in [0.717, 1.165) is 0 Å². The fourth-order valence-corrected chi connectivity index (χ4v) is 6.34. The molecule has 0 unspecified atom stereocenters. The number of aromatic nitrogens is 6. The zero-order chi connectivity index (χ0) is 30.8. The van der Waals surface area contributed by atoms with Crippen LogP contribution in [0.5, 0.6) is 0 Å². The number of amides is 2. The van der Waals surface area contributed by atoms with E-state index in [2.05, 4.69) is 46.3 Å². The average Bonchev–Trinajstić information content (AvgIpc) is 3.20. The molecule has 4 aromatic heterocycles. The van der Waals surface area contributed by atoms with Crippen molar-refractivity contribution in [2.75, 3.05) is 5.32 Å². The number of carbonyl (C=O) groups excluding carboxylic acids is 3. The van der Waals surface area contributed by atoms with E-state index in [1.807, 2.05) is 6.92 Å². The Hall–Kier alpha value is -4.14. The maximum Gasteiger partial charge on any atom is 0.248 e. The summed E-state index contributed by atoms with van der Waals surface area (Å²) in [6, 6.07) is 4.00. The fraction of sp³-hybridized carbons (Fsp3) is 0.379. The topological polar surface area (TPSA) is 176 Å². The van der Waals surface area contributed by atoms with Gasteiger partial charge in [-0.2, -0.15) is 5.10 Å². The molecule has 0 aromatic carbocycles. The number of Topliss-reactive ketones (excluding diaryl/α,β-unsaturated/α-hetero) is 1. The molecule has 2 fully saturated rings. The summed E-state index contributed by atoms with van der Waals surface area (Å²) >= 11 is 3.27. The van der Waals surface area contributed by atoms with Crippen LogP contribution in [0.2, 0.25) is 0 Å². The molecule has 222 valence electrons. The number of rotatable bonds is 7. The minimum atomic E-state index is -1.51. The molecule has 1 saturated carbocycles. The van der Waals surface area contributed by atoms with Gasteiger partial charge in [0.15, 0.2) is 5.78 Å². The lowest BCUT2D eigenvalue weighted by atomic mass is 10.0. The number of anilines is 1. The summed E-state index contributed by atoms with van der Waals surface area (Å²) in [6.45, 7) is 6.08. The predicted octanol–water partition coefficient (Wildman–Crippen LogP) is 2.70. The summed E-state index contributed by atoms with van der Waals surface area (Å²) in [6.07, 6.45) is 3.87. The SMILES string of the molecule is CC(=O)c1nn(CC(=O)N2[C@H](C(=O)Nc3nc(Br)ccc3CO)C[C@@]3(C)C[C@@]23O)c2c(C)nc(-c3cnc(C)nc3)cc12. The van der Waals surface area contributed by atoms with Crippen LogP contribution in [0.3, 0.4) is 0 Å². The van der Waals surface area contributed by atoms with Gasteiger partial charge in [-0.25, -0.2) is 15.0 Å². The smallest absolute Gasteiger partial charge is 0.248 e. The number of likely N-dealkylation sites (tertiary alicyclic amines) is 1. The van der Waals surface area contributed by atoms with Crippen LogP contribution in [0, 0.1) is 19.3 Å². The van der Waals surface area contributed by atoms with Gasteiger partial charge in [0.05, 0.1) is 23.5 Å². The van der Waals surface area contributed by atoms with E-state index in [1.54, 1.807) is 44.4 Å². The Balaban J connectivity index is 1.34. The summed E-state index contributed by atoms with van der Waals surface area (Å²) in [4.78, 5) is 58.7. The Kier molecular flexibility index (Phi) is 6.90. The highest BCUT2D eigenvalue weighted by molar-refractivity contribution is 9.10. The Morgan fingerprint density at radius 3 is 2.56 bits per heavy atom.